The van der Waals surface area contributed by atoms with Gasteiger partial charge in [-0.1, -0.05) is 13.8 Å². The number of nitrogens with one attached hydrogen (secondary N) is 1. The standard InChI is InChI=1S/C16H27N3O/c1-12(2)8-17-9-15-10-18-13(3)7-16(15)19-5-6-20-14(4)11-19/h7,10,12,14,17H,5-6,8-9,11H2,1-4H3. The lowest BCUT2D eigenvalue weighted by atomic mass is 10.1. The van der Waals surface area contributed by atoms with E-state index in [0.29, 0.717) is 12.0 Å². The number of rotatable bonds is 5. The molecule has 1 aromatic heterocycles. The Kier molecular flexibility index (Phi) is 5.38. The van der Waals surface area contributed by atoms with Crippen LogP contribution in [-0.2, 0) is 11.3 Å². The maximum atomic E-state index is 5.64. The molecular weight excluding hydrogens is 250 g/mol. The molecule has 1 aromatic rings. The zero-order valence-electron chi connectivity index (χ0n) is 13.1. The van der Waals surface area contributed by atoms with Crippen molar-refractivity contribution < 1.29 is 4.74 Å². The van der Waals surface area contributed by atoms with Gasteiger partial charge in [0.25, 0.3) is 0 Å². The van der Waals surface area contributed by atoms with Crippen LogP contribution < -0.4 is 10.2 Å². The van der Waals surface area contributed by atoms with Gasteiger partial charge in [-0.3, -0.25) is 4.98 Å². The van der Waals surface area contributed by atoms with Crippen LogP contribution in [0.15, 0.2) is 12.3 Å². The Morgan fingerprint density at radius 2 is 2.30 bits per heavy atom. The number of hydrogen-bond acceptors (Lipinski definition) is 4. The predicted molar refractivity (Wildman–Crippen MR) is 83.1 cm³/mol. The summed E-state index contributed by atoms with van der Waals surface area (Å²) in [5.41, 5.74) is 3.67. The molecule has 1 fully saturated rings. The van der Waals surface area contributed by atoms with E-state index in [4.69, 9.17) is 4.74 Å². The van der Waals surface area contributed by atoms with Crippen LogP contribution in [-0.4, -0.2) is 37.3 Å². The second-order valence-corrected chi connectivity index (χ2v) is 6.11. The van der Waals surface area contributed by atoms with E-state index in [1.807, 2.05) is 6.20 Å². The van der Waals surface area contributed by atoms with Crippen molar-refractivity contribution in [1.29, 1.82) is 0 Å². The zero-order chi connectivity index (χ0) is 14.5. The quantitative estimate of drug-likeness (QED) is 0.896. The van der Waals surface area contributed by atoms with Gasteiger partial charge in [0.15, 0.2) is 0 Å². The lowest BCUT2D eigenvalue weighted by Crippen LogP contribution is -2.41. The number of hydrogen-bond donors (Lipinski definition) is 1. The Bertz CT molecular complexity index is 434. The molecule has 1 atom stereocenters. The molecule has 1 aliphatic heterocycles. The van der Waals surface area contributed by atoms with Crippen molar-refractivity contribution in [3.63, 3.8) is 0 Å². The largest absolute Gasteiger partial charge is 0.375 e. The van der Waals surface area contributed by atoms with E-state index in [9.17, 15) is 0 Å². The van der Waals surface area contributed by atoms with Gasteiger partial charge in [0.1, 0.15) is 0 Å². The maximum Gasteiger partial charge on any atom is 0.0722 e. The minimum atomic E-state index is 0.300. The van der Waals surface area contributed by atoms with Gasteiger partial charge < -0.3 is 15.0 Å². The number of morpholine rings is 1. The summed E-state index contributed by atoms with van der Waals surface area (Å²) >= 11 is 0. The van der Waals surface area contributed by atoms with Crippen molar-refractivity contribution >= 4 is 5.69 Å². The zero-order valence-corrected chi connectivity index (χ0v) is 13.1. The first-order chi connectivity index (χ1) is 9.56. The van der Waals surface area contributed by atoms with E-state index in [1.165, 1.54) is 11.3 Å². The average molecular weight is 277 g/mol. The van der Waals surface area contributed by atoms with Gasteiger partial charge in [0.2, 0.25) is 0 Å². The van der Waals surface area contributed by atoms with E-state index in [1.54, 1.807) is 0 Å². The summed E-state index contributed by atoms with van der Waals surface area (Å²) in [4.78, 5) is 6.88. The van der Waals surface area contributed by atoms with Gasteiger partial charge in [-0.15, -0.1) is 0 Å². The Hall–Kier alpha value is -1.13. The van der Waals surface area contributed by atoms with E-state index in [0.717, 1.165) is 38.5 Å². The lowest BCUT2D eigenvalue weighted by Gasteiger charge is -2.34. The van der Waals surface area contributed by atoms with Crippen molar-refractivity contribution in [2.45, 2.75) is 40.3 Å². The smallest absolute Gasteiger partial charge is 0.0722 e. The third kappa shape index (κ3) is 4.18. The Labute approximate surface area is 122 Å². The molecule has 1 aliphatic rings. The first kappa shape index (κ1) is 15.3. The molecule has 1 saturated heterocycles. The highest BCUT2D eigenvalue weighted by Gasteiger charge is 2.19. The van der Waals surface area contributed by atoms with Gasteiger partial charge >= 0.3 is 0 Å². The monoisotopic (exact) mass is 277 g/mol. The van der Waals surface area contributed by atoms with Gasteiger partial charge in [-0.25, -0.2) is 0 Å². The van der Waals surface area contributed by atoms with Gasteiger partial charge in [0.05, 0.1) is 12.7 Å². The number of nitrogens with zero attached hydrogens (tertiary/aromatic N) is 2. The van der Waals surface area contributed by atoms with Crippen LogP contribution in [0.1, 0.15) is 32.0 Å². The minimum Gasteiger partial charge on any atom is -0.375 e. The second kappa shape index (κ2) is 7.04. The number of aryl methyl sites for hydroxylation is 1. The fraction of sp³-hybridized carbons (Fsp3) is 0.688. The summed E-state index contributed by atoms with van der Waals surface area (Å²) in [5, 5.41) is 3.51. The number of anilines is 1. The summed E-state index contributed by atoms with van der Waals surface area (Å²) in [6, 6.07) is 2.20. The minimum absolute atomic E-state index is 0.300. The molecule has 1 unspecified atom stereocenters. The topological polar surface area (TPSA) is 37.4 Å². The third-order valence-electron chi connectivity index (χ3n) is 3.55. The molecule has 0 spiro atoms. The second-order valence-electron chi connectivity index (χ2n) is 6.11. The molecule has 4 heteroatoms. The molecule has 4 nitrogen and oxygen atoms in total. The predicted octanol–water partition coefficient (Wildman–Crippen LogP) is 2.36. The Balaban J connectivity index is 2.10. The first-order valence-electron chi connectivity index (χ1n) is 7.59. The molecule has 0 bridgehead atoms. The van der Waals surface area contributed by atoms with E-state index < -0.39 is 0 Å². The summed E-state index contributed by atoms with van der Waals surface area (Å²) in [6.45, 7) is 13.3. The van der Waals surface area contributed by atoms with Gasteiger partial charge in [-0.05, 0) is 32.4 Å². The molecular formula is C16H27N3O. The number of pyridine rings is 1. The number of ether oxygens (including phenoxy) is 1. The van der Waals surface area contributed by atoms with Crippen LogP contribution in [0.3, 0.4) is 0 Å². The van der Waals surface area contributed by atoms with Crippen LogP contribution >= 0.6 is 0 Å². The molecule has 0 aromatic carbocycles. The molecule has 2 rings (SSSR count). The van der Waals surface area contributed by atoms with Crippen LogP contribution in [0.4, 0.5) is 5.69 Å². The van der Waals surface area contributed by atoms with E-state index >= 15 is 0 Å². The molecule has 112 valence electrons. The fourth-order valence-corrected chi connectivity index (χ4v) is 2.54. The van der Waals surface area contributed by atoms with E-state index in [-0.39, 0.29) is 0 Å². The van der Waals surface area contributed by atoms with Crippen LogP contribution in [0.5, 0.6) is 0 Å². The highest BCUT2D eigenvalue weighted by atomic mass is 16.5. The molecule has 1 N–H and O–H groups in total. The summed E-state index contributed by atoms with van der Waals surface area (Å²) in [7, 11) is 0. The highest BCUT2D eigenvalue weighted by molar-refractivity contribution is 5.54. The van der Waals surface area contributed by atoms with Crippen LogP contribution in [0.25, 0.3) is 0 Å². The van der Waals surface area contributed by atoms with E-state index in [2.05, 4.69) is 49.0 Å². The lowest BCUT2D eigenvalue weighted by molar-refractivity contribution is 0.0531. The van der Waals surface area contributed by atoms with Crippen LogP contribution in [0.2, 0.25) is 0 Å². The normalized spacial score (nSPS) is 19.6. The van der Waals surface area contributed by atoms with Gasteiger partial charge in [0, 0.05) is 42.8 Å². The summed E-state index contributed by atoms with van der Waals surface area (Å²) in [6.07, 6.45) is 2.31. The summed E-state index contributed by atoms with van der Waals surface area (Å²) < 4.78 is 5.64. The molecule has 0 radical (unpaired) electrons. The Morgan fingerprint density at radius 1 is 1.50 bits per heavy atom. The SMILES string of the molecule is Cc1cc(N2CCOC(C)C2)c(CNCC(C)C)cn1. The molecule has 0 saturated carbocycles. The number of aromatic nitrogens is 1. The first-order valence-corrected chi connectivity index (χ1v) is 7.59. The average Bonchev–Trinajstić information content (AvgIpc) is 2.40. The third-order valence-corrected chi connectivity index (χ3v) is 3.55. The van der Waals surface area contributed by atoms with Crippen molar-refractivity contribution in [2.24, 2.45) is 5.92 Å². The van der Waals surface area contributed by atoms with Crippen LogP contribution in [0, 0.1) is 12.8 Å². The van der Waals surface area contributed by atoms with Crippen molar-refractivity contribution in [1.82, 2.24) is 10.3 Å². The Morgan fingerprint density at radius 3 is 3.00 bits per heavy atom. The van der Waals surface area contributed by atoms with Crippen molar-refractivity contribution in [2.75, 3.05) is 31.1 Å². The molecule has 20 heavy (non-hydrogen) atoms. The summed E-state index contributed by atoms with van der Waals surface area (Å²) in [5.74, 6) is 0.667. The molecule has 0 amide bonds. The van der Waals surface area contributed by atoms with Crippen molar-refractivity contribution in [3.05, 3.63) is 23.5 Å². The molecule has 0 aliphatic carbocycles. The molecule has 2 heterocycles. The maximum absolute atomic E-state index is 5.64. The van der Waals surface area contributed by atoms with Crippen molar-refractivity contribution in [3.8, 4) is 0 Å². The fourth-order valence-electron chi connectivity index (χ4n) is 2.54. The highest BCUT2D eigenvalue weighted by Crippen LogP contribution is 2.23. The van der Waals surface area contributed by atoms with Gasteiger partial charge in [-0.2, -0.15) is 0 Å².